The zero-order chi connectivity index (χ0) is 31.8. The van der Waals surface area contributed by atoms with E-state index in [1.54, 1.807) is 24.5 Å². The second-order valence-electron chi connectivity index (χ2n) is 11.0. The first kappa shape index (κ1) is 30.9. The first-order chi connectivity index (χ1) is 21.7. The summed E-state index contributed by atoms with van der Waals surface area (Å²) in [7, 11) is 0. The third-order valence-electron chi connectivity index (χ3n) is 7.54. The third-order valence-corrected chi connectivity index (χ3v) is 9.26. The molecule has 230 valence electrons. The number of aromatic nitrogens is 2. The van der Waals surface area contributed by atoms with E-state index < -0.39 is 12.0 Å². The van der Waals surface area contributed by atoms with E-state index in [2.05, 4.69) is 4.57 Å². The topological polar surface area (TPSA) is 74.8 Å². The van der Waals surface area contributed by atoms with Crippen molar-refractivity contribution >= 4 is 57.5 Å². The Morgan fingerprint density at radius 3 is 2.58 bits per heavy atom. The summed E-state index contributed by atoms with van der Waals surface area (Å²) in [6.45, 7) is 8.18. The lowest BCUT2D eigenvalue weighted by Crippen LogP contribution is -2.40. The van der Waals surface area contributed by atoms with Gasteiger partial charge in [-0.1, -0.05) is 77.0 Å². The summed E-state index contributed by atoms with van der Waals surface area (Å²) in [4.78, 5) is 32.9. The van der Waals surface area contributed by atoms with Crippen molar-refractivity contribution in [2.75, 3.05) is 6.61 Å². The number of hydrogen-bond acceptors (Lipinski definition) is 6. The Bertz CT molecular complexity index is 2160. The van der Waals surface area contributed by atoms with E-state index in [-0.39, 0.29) is 18.3 Å². The van der Waals surface area contributed by atoms with Crippen molar-refractivity contribution in [2.45, 2.75) is 46.4 Å². The normalized spacial score (nSPS) is 15.0. The molecule has 7 nitrogen and oxygen atoms in total. The number of thiazole rings is 1. The number of fused-ring (bicyclic) bond motifs is 2. The minimum atomic E-state index is -0.770. The summed E-state index contributed by atoms with van der Waals surface area (Å²) >= 11 is 13.7. The third kappa shape index (κ3) is 5.98. The number of esters is 1. The lowest BCUT2D eigenvalue weighted by molar-refractivity contribution is -0.139. The molecule has 3 aromatic carbocycles. The summed E-state index contributed by atoms with van der Waals surface area (Å²) in [6, 6.07) is 20.4. The number of hydrogen-bond donors (Lipinski definition) is 0. The smallest absolute Gasteiger partial charge is 0.338 e. The van der Waals surface area contributed by atoms with Crippen molar-refractivity contribution in [3.63, 3.8) is 0 Å². The van der Waals surface area contributed by atoms with Crippen LogP contribution in [0.4, 0.5) is 0 Å². The average molecular weight is 661 g/mol. The maximum atomic E-state index is 14.3. The monoisotopic (exact) mass is 659 g/mol. The van der Waals surface area contributed by atoms with E-state index in [0.717, 1.165) is 22.0 Å². The van der Waals surface area contributed by atoms with E-state index in [9.17, 15) is 9.59 Å². The van der Waals surface area contributed by atoms with Gasteiger partial charge in [0.25, 0.3) is 5.56 Å². The highest BCUT2D eigenvalue weighted by Gasteiger charge is 2.35. The summed E-state index contributed by atoms with van der Waals surface area (Å²) in [5.41, 5.74) is 4.16. The van der Waals surface area contributed by atoms with E-state index >= 15 is 0 Å². The average Bonchev–Trinajstić information content (AvgIpc) is 3.50. The number of carbonyl (C=O) groups excluding carboxylic acids is 1. The number of rotatable bonds is 8. The molecular formula is C35H31Cl2N3O4S. The molecule has 45 heavy (non-hydrogen) atoms. The first-order valence-electron chi connectivity index (χ1n) is 14.6. The number of allylic oxidation sites excluding steroid dienone is 1. The lowest BCUT2D eigenvalue weighted by Gasteiger charge is -2.26. The number of nitrogens with zero attached hydrogens (tertiary/aromatic N) is 3. The van der Waals surface area contributed by atoms with Crippen LogP contribution in [-0.4, -0.2) is 27.8 Å². The molecule has 0 saturated carbocycles. The van der Waals surface area contributed by atoms with E-state index in [1.807, 2.05) is 86.8 Å². The Kier molecular flexibility index (Phi) is 8.73. The van der Waals surface area contributed by atoms with Crippen LogP contribution in [0.1, 0.15) is 50.4 Å². The molecule has 1 aliphatic rings. The van der Waals surface area contributed by atoms with Crippen LogP contribution in [0.3, 0.4) is 0 Å². The molecule has 0 bridgehead atoms. The summed E-state index contributed by atoms with van der Waals surface area (Å²) in [5, 5.41) is 2.00. The molecule has 1 aliphatic heterocycles. The van der Waals surface area contributed by atoms with Crippen molar-refractivity contribution in [3.8, 4) is 5.75 Å². The Morgan fingerprint density at radius 2 is 1.82 bits per heavy atom. The van der Waals surface area contributed by atoms with Gasteiger partial charge in [-0.15, -0.1) is 0 Å². The van der Waals surface area contributed by atoms with Gasteiger partial charge in [-0.25, -0.2) is 9.79 Å². The predicted octanol–water partition coefficient (Wildman–Crippen LogP) is 6.90. The number of halogens is 2. The van der Waals surface area contributed by atoms with Crippen molar-refractivity contribution in [2.24, 2.45) is 4.99 Å². The quantitative estimate of drug-likeness (QED) is 0.170. The molecule has 0 N–H and O–H groups in total. The fourth-order valence-electron chi connectivity index (χ4n) is 5.65. The van der Waals surface area contributed by atoms with Gasteiger partial charge in [0.15, 0.2) is 4.80 Å². The Labute approximate surface area is 274 Å². The minimum Gasteiger partial charge on any atom is -0.491 e. The van der Waals surface area contributed by atoms with E-state index in [1.165, 1.54) is 11.3 Å². The van der Waals surface area contributed by atoms with Crippen molar-refractivity contribution in [3.05, 3.63) is 131 Å². The lowest BCUT2D eigenvalue weighted by atomic mass is 9.95. The Balaban J connectivity index is 1.52. The van der Waals surface area contributed by atoms with Crippen LogP contribution < -0.4 is 19.6 Å². The summed E-state index contributed by atoms with van der Waals surface area (Å²) in [5.74, 6) is 0.0803. The molecule has 10 heteroatoms. The van der Waals surface area contributed by atoms with Crippen LogP contribution in [0.15, 0.2) is 94.0 Å². The molecular weight excluding hydrogens is 629 g/mol. The fraction of sp³-hybridized carbons (Fsp3) is 0.229. The van der Waals surface area contributed by atoms with Gasteiger partial charge in [0, 0.05) is 34.8 Å². The van der Waals surface area contributed by atoms with Crippen LogP contribution >= 0.6 is 34.5 Å². The van der Waals surface area contributed by atoms with Gasteiger partial charge in [0.1, 0.15) is 11.8 Å². The largest absolute Gasteiger partial charge is 0.491 e. The predicted molar refractivity (Wildman–Crippen MR) is 180 cm³/mol. The van der Waals surface area contributed by atoms with Crippen LogP contribution in [0.2, 0.25) is 10.0 Å². The molecule has 5 aromatic rings. The van der Waals surface area contributed by atoms with Crippen molar-refractivity contribution in [1.82, 2.24) is 9.13 Å². The van der Waals surface area contributed by atoms with Gasteiger partial charge >= 0.3 is 5.97 Å². The zero-order valence-corrected chi connectivity index (χ0v) is 27.5. The molecule has 1 atom stereocenters. The van der Waals surface area contributed by atoms with Gasteiger partial charge in [0.05, 0.1) is 38.6 Å². The number of carbonyl (C=O) groups is 1. The van der Waals surface area contributed by atoms with Crippen LogP contribution in [0, 0.1) is 0 Å². The number of benzene rings is 3. The Hall–Kier alpha value is -4.11. The van der Waals surface area contributed by atoms with E-state index in [4.69, 9.17) is 37.7 Å². The fourth-order valence-corrected chi connectivity index (χ4v) is 7.01. The summed E-state index contributed by atoms with van der Waals surface area (Å²) < 4.78 is 15.8. The molecule has 0 unspecified atom stereocenters. The molecule has 3 heterocycles. The summed E-state index contributed by atoms with van der Waals surface area (Å²) in [6.07, 6.45) is 3.82. The molecule has 0 spiro atoms. The Morgan fingerprint density at radius 1 is 1.07 bits per heavy atom. The maximum Gasteiger partial charge on any atom is 0.338 e. The standard InChI is InChI=1S/C35H31Cl2N3O4S/c1-5-43-34(42)31-21(4)38-35-40(32(31)25-11-7-9-13-29(25)44-20(2)3)33(41)30(45-35)17-23-19-39(28-12-8-6-10-24(23)28)18-22-14-15-26(36)27(37)16-22/h6-17,19-20,32H,5,18H2,1-4H3/b30-17-/t32-/m0/s1. The second kappa shape index (κ2) is 12.7. The SMILES string of the molecule is CCOC(=O)C1=C(C)N=c2s/c(=C\c3cn(Cc4ccc(Cl)c(Cl)c4)c4ccccc34)c(=O)n2[C@H]1c1ccccc1OC(C)C. The molecule has 2 aromatic heterocycles. The second-order valence-corrected chi connectivity index (χ2v) is 12.8. The van der Waals surface area contributed by atoms with Gasteiger partial charge in [0.2, 0.25) is 0 Å². The maximum absolute atomic E-state index is 14.3. The highest BCUT2D eigenvalue weighted by molar-refractivity contribution is 7.07. The van der Waals surface area contributed by atoms with Crippen molar-refractivity contribution in [1.29, 1.82) is 0 Å². The van der Waals surface area contributed by atoms with Gasteiger partial charge in [-0.05, 0) is 63.6 Å². The van der Waals surface area contributed by atoms with Gasteiger partial charge in [-0.2, -0.15) is 0 Å². The number of para-hydroxylation sites is 2. The molecule has 6 rings (SSSR count). The highest BCUT2D eigenvalue weighted by atomic mass is 35.5. The van der Waals surface area contributed by atoms with Gasteiger partial charge < -0.3 is 14.0 Å². The minimum absolute atomic E-state index is 0.112. The molecule has 0 amide bonds. The van der Waals surface area contributed by atoms with Gasteiger partial charge in [-0.3, -0.25) is 9.36 Å². The van der Waals surface area contributed by atoms with E-state index in [0.29, 0.717) is 48.5 Å². The molecule has 0 fully saturated rings. The molecule has 0 saturated heterocycles. The van der Waals surface area contributed by atoms with Crippen molar-refractivity contribution < 1.29 is 14.3 Å². The first-order valence-corrected chi connectivity index (χ1v) is 16.2. The number of ether oxygens (including phenoxy) is 2. The zero-order valence-electron chi connectivity index (χ0n) is 25.2. The highest BCUT2D eigenvalue weighted by Crippen LogP contribution is 2.36. The molecule has 0 aliphatic carbocycles. The van der Waals surface area contributed by atoms with Crippen LogP contribution in [-0.2, 0) is 16.1 Å². The van der Waals surface area contributed by atoms with Crippen LogP contribution in [0.5, 0.6) is 5.75 Å². The van der Waals surface area contributed by atoms with Crippen LogP contribution in [0.25, 0.3) is 17.0 Å². The molecule has 0 radical (unpaired) electrons.